The van der Waals surface area contributed by atoms with E-state index in [0.29, 0.717) is 10.6 Å². The van der Waals surface area contributed by atoms with Crippen LogP contribution in [0.2, 0.25) is 0 Å². The fourth-order valence-electron chi connectivity index (χ4n) is 2.44. The lowest BCUT2D eigenvalue weighted by molar-refractivity contribution is 1.14. The van der Waals surface area contributed by atoms with Crippen molar-refractivity contribution in [3.05, 3.63) is 75.2 Å². The van der Waals surface area contributed by atoms with Crippen LogP contribution in [0, 0.1) is 11.3 Å². The van der Waals surface area contributed by atoms with Crippen LogP contribution in [0.25, 0.3) is 16.8 Å². The molecule has 0 saturated carbocycles. The molecule has 3 nitrogen and oxygen atoms in total. The standard InChI is InChI=1S/C20H16BrN3S/c1-2-14-6-3-4-9-18(14)23-12-16(11-22)20-24-19(13-25-20)15-7-5-8-17(21)10-15/h3-10,12-13,23H,2H2,1H3/b16-12-. The van der Waals surface area contributed by atoms with Gasteiger partial charge in [-0.1, -0.05) is 53.2 Å². The van der Waals surface area contributed by atoms with Gasteiger partial charge in [-0.2, -0.15) is 5.26 Å². The second kappa shape index (κ2) is 8.11. The molecule has 2 aromatic carbocycles. The minimum absolute atomic E-state index is 0.525. The molecule has 0 fully saturated rings. The van der Waals surface area contributed by atoms with Gasteiger partial charge in [0.1, 0.15) is 16.6 Å². The number of anilines is 1. The smallest absolute Gasteiger partial charge is 0.136 e. The number of thiazole rings is 1. The van der Waals surface area contributed by atoms with Crippen molar-refractivity contribution in [1.82, 2.24) is 4.98 Å². The highest BCUT2D eigenvalue weighted by Crippen LogP contribution is 2.28. The lowest BCUT2D eigenvalue weighted by atomic mass is 10.1. The fourth-order valence-corrected chi connectivity index (χ4v) is 3.63. The van der Waals surface area contributed by atoms with E-state index in [9.17, 15) is 5.26 Å². The fraction of sp³-hybridized carbons (Fsp3) is 0.100. The molecule has 0 amide bonds. The van der Waals surface area contributed by atoms with Gasteiger partial charge in [-0.3, -0.25) is 0 Å². The summed E-state index contributed by atoms with van der Waals surface area (Å²) in [5.41, 5.74) is 4.65. The highest BCUT2D eigenvalue weighted by atomic mass is 79.9. The third kappa shape index (κ3) is 4.16. The molecular formula is C20H16BrN3S. The van der Waals surface area contributed by atoms with Crippen LogP contribution in [0.4, 0.5) is 5.69 Å². The van der Waals surface area contributed by atoms with Crippen LogP contribution in [-0.2, 0) is 6.42 Å². The third-order valence-electron chi connectivity index (χ3n) is 3.75. The molecular weight excluding hydrogens is 394 g/mol. The summed E-state index contributed by atoms with van der Waals surface area (Å²) in [6, 6.07) is 18.3. The second-order valence-corrected chi connectivity index (χ2v) is 7.15. The molecule has 0 radical (unpaired) electrons. The van der Waals surface area contributed by atoms with E-state index in [1.807, 2.05) is 47.8 Å². The Hall–Kier alpha value is -2.42. The normalized spacial score (nSPS) is 11.2. The van der Waals surface area contributed by atoms with Crippen LogP contribution in [0.5, 0.6) is 0 Å². The molecule has 0 saturated heterocycles. The van der Waals surface area contributed by atoms with Crippen LogP contribution in [-0.4, -0.2) is 4.98 Å². The monoisotopic (exact) mass is 409 g/mol. The summed E-state index contributed by atoms with van der Waals surface area (Å²) >= 11 is 4.95. The Balaban J connectivity index is 1.85. The Morgan fingerprint density at radius 1 is 1.28 bits per heavy atom. The lowest BCUT2D eigenvalue weighted by Gasteiger charge is -2.07. The van der Waals surface area contributed by atoms with E-state index in [4.69, 9.17) is 0 Å². The first kappa shape index (κ1) is 17.4. The zero-order valence-electron chi connectivity index (χ0n) is 13.7. The molecule has 0 unspecified atom stereocenters. The molecule has 3 aromatic rings. The summed E-state index contributed by atoms with van der Waals surface area (Å²) in [5.74, 6) is 0. The van der Waals surface area contributed by atoms with E-state index in [1.54, 1.807) is 6.20 Å². The summed E-state index contributed by atoms with van der Waals surface area (Å²) in [5, 5.41) is 15.4. The Bertz CT molecular complexity index is 953. The molecule has 25 heavy (non-hydrogen) atoms. The predicted octanol–water partition coefficient (Wildman–Crippen LogP) is 6.11. The van der Waals surface area contributed by atoms with Crippen molar-refractivity contribution < 1.29 is 0 Å². The van der Waals surface area contributed by atoms with Crippen molar-refractivity contribution in [3.8, 4) is 17.3 Å². The molecule has 0 aliphatic rings. The Morgan fingerprint density at radius 3 is 2.88 bits per heavy atom. The predicted molar refractivity (Wildman–Crippen MR) is 108 cm³/mol. The zero-order chi connectivity index (χ0) is 17.6. The number of halogens is 1. The number of rotatable bonds is 5. The second-order valence-electron chi connectivity index (χ2n) is 5.37. The molecule has 0 spiro atoms. The van der Waals surface area contributed by atoms with Gasteiger partial charge >= 0.3 is 0 Å². The number of nitrogens with one attached hydrogen (secondary N) is 1. The van der Waals surface area contributed by atoms with Crippen molar-refractivity contribution in [2.45, 2.75) is 13.3 Å². The van der Waals surface area contributed by atoms with Crippen LogP contribution in [0.3, 0.4) is 0 Å². The molecule has 1 heterocycles. The molecule has 0 aliphatic heterocycles. The average Bonchev–Trinajstić information content (AvgIpc) is 3.12. The molecule has 124 valence electrons. The summed E-state index contributed by atoms with van der Waals surface area (Å²) in [7, 11) is 0. The number of benzene rings is 2. The maximum Gasteiger partial charge on any atom is 0.136 e. The number of aromatic nitrogens is 1. The number of nitriles is 1. The van der Waals surface area contributed by atoms with E-state index < -0.39 is 0 Å². The maximum absolute atomic E-state index is 9.51. The Morgan fingerprint density at radius 2 is 2.12 bits per heavy atom. The highest BCUT2D eigenvalue weighted by molar-refractivity contribution is 9.10. The van der Waals surface area contributed by atoms with E-state index in [2.05, 4.69) is 45.3 Å². The number of hydrogen-bond acceptors (Lipinski definition) is 4. The number of nitrogens with zero attached hydrogens (tertiary/aromatic N) is 2. The first-order valence-corrected chi connectivity index (χ1v) is 9.55. The van der Waals surface area contributed by atoms with Crippen molar-refractivity contribution in [1.29, 1.82) is 5.26 Å². The molecule has 1 N–H and O–H groups in total. The summed E-state index contributed by atoms with van der Waals surface area (Å²) in [4.78, 5) is 4.61. The molecule has 0 bridgehead atoms. The van der Waals surface area contributed by atoms with E-state index in [1.165, 1.54) is 16.9 Å². The van der Waals surface area contributed by atoms with Gasteiger partial charge in [0.25, 0.3) is 0 Å². The van der Waals surface area contributed by atoms with Crippen molar-refractivity contribution in [2.75, 3.05) is 5.32 Å². The number of allylic oxidation sites excluding steroid dienone is 1. The minimum Gasteiger partial charge on any atom is -0.360 e. The lowest BCUT2D eigenvalue weighted by Crippen LogP contribution is -1.95. The first-order valence-electron chi connectivity index (χ1n) is 7.88. The SMILES string of the molecule is CCc1ccccc1N/C=C(/C#N)c1nc(-c2cccc(Br)c2)cs1. The number of hydrogen-bond donors (Lipinski definition) is 1. The highest BCUT2D eigenvalue weighted by Gasteiger charge is 2.09. The van der Waals surface area contributed by atoms with Gasteiger partial charge in [-0.05, 0) is 30.2 Å². The van der Waals surface area contributed by atoms with E-state index in [-0.39, 0.29) is 0 Å². The summed E-state index contributed by atoms with van der Waals surface area (Å²) in [6.45, 7) is 2.11. The average molecular weight is 410 g/mol. The van der Waals surface area contributed by atoms with Crippen molar-refractivity contribution in [2.24, 2.45) is 0 Å². The van der Waals surface area contributed by atoms with Gasteiger partial charge in [-0.25, -0.2) is 4.98 Å². The van der Waals surface area contributed by atoms with E-state index >= 15 is 0 Å². The maximum atomic E-state index is 9.51. The Labute approximate surface area is 159 Å². The van der Waals surface area contributed by atoms with Crippen LogP contribution < -0.4 is 5.32 Å². The van der Waals surface area contributed by atoms with Crippen LogP contribution in [0.1, 0.15) is 17.5 Å². The van der Waals surface area contributed by atoms with Crippen LogP contribution >= 0.6 is 27.3 Å². The molecule has 5 heteroatoms. The van der Waals surface area contributed by atoms with Crippen LogP contribution in [0.15, 0.2) is 64.6 Å². The minimum atomic E-state index is 0.525. The molecule has 3 rings (SSSR count). The van der Waals surface area contributed by atoms with Gasteiger partial charge in [-0.15, -0.1) is 11.3 Å². The summed E-state index contributed by atoms with van der Waals surface area (Å²) in [6.07, 6.45) is 2.67. The zero-order valence-corrected chi connectivity index (χ0v) is 16.1. The molecule has 0 atom stereocenters. The third-order valence-corrected chi connectivity index (χ3v) is 5.11. The van der Waals surface area contributed by atoms with Gasteiger partial charge in [0.05, 0.1) is 5.69 Å². The Kier molecular flexibility index (Phi) is 5.64. The first-order chi connectivity index (χ1) is 12.2. The quantitative estimate of drug-likeness (QED) is 0.516. The van der Waals surface area contributed by atoms with Gasteiger partial charge in [0, 0.05) is 27.3 Å². The molecule has 1 aromatic heterocycles. The van der Waals surface area contributed by atoms with Crippen molar-refractivity contribution >= 4 is 38.5 Å². The number of aryl methyl sites for hydroxylation is 1. The van der Waals surface area contributed by atoms with Gasteiger partial charge < -0.3 is 5.32 Å². The topological polar surface area (TPSA) is 48.7 Å². The van der Waals surface area contributed by atoms with E-state index in [0.717, 1.165) is 27.8 Å². The largest absolute Gasteiger partial charge is 0.360 e. The van der Waals surface area contributed by atoms with Crippen molar-refractivity contribution in [3.63, 3.8) is 0 Å². The van der Waals surface area contributed by atoms with Gasteiger partial charge in [0.15, 0.2) is 0 Å². The molecule has 0 aliphatic carbocycles. The summed E-state index contributed by atoms with van der Waals surface area (Å²) < 4.78 is 1.01. The number of para-hydroxylation sites is 1. The van der Waals surface area contributed by atoms with Gasteiger partial charge in [0.2, 0.25) is 0 Å².